The Balaban J connectivity index is 1.54. The van der Waals surface area contributed by atoms with Crippen LogP contribution in [0.5, 0.6) is 5.75 Å². The molecule has 0 saturated carbocycles. The average molecular weight is 686 g/mol. The molecule has 0 atom stereocenters. The molecule has 0 unspecified atom stereocenters. The molecule has 264 valence electrons. The lowest BCUT2D eigenvalue weighted by Gasteiger charge is -2.27. The molecule has 1 N–H and O–H groups in total. The number of benzene rings is 5. The number of rotatable bonds is 6. The van der Waals surface area contributed by atoms with E-state index in [4.69, 9.17) is 9.97 Å². The fraction of sp³-hybridized carbons (Fsp3) is 0.292. The van der Waals surface area contributed by atoms with E-state index in [1.54, 1.807) is 0 Å². The van der Waals surface area contributed by atoms with E-state index in [9.17, 15) is 5.11 Å². The molecule has 2 heterocycles. The number of imidazole rings is 1. The number of aromatic nitrogens is 3. The SMILES string of the molecule is CC(C)n1c(-c2cc(C(C)(C)C)ccc2O)nc2c(-c3cccc(-c4cc(C(C)(C)C)cc5cccnc45)c3)cc(C(C)(C)c3ccccc3)cc21. The van der Waals surface area contributed by atoms with Crippen molar-refractivity contribution in [1.29, 1.82) is 0 Å². The van der Waals surface area contributed by atoms with Crippen LogP contribution in [0.25, 0.3) is 55.6 Å². The van der Waals surface area contributed by atoms with E-state index >= 15 is 0 Å². The van der Waals surface area contributed by atoms with Gasteiger partial charge in [0.1, 0.15) is 11.6 Å². The van der Waals surface area contributed by atoms with E-state index in [0.29, 0.717) is 0 Å². The zero-order valence-corrected chi connectivity index (χ0v) is 32.3. The van der Waals surface area contributed by atoms with Crippen molar-refractivity contribution in [2.75, 3.05) is 0 Å². The molecule has 7 aromatic rings. The van der Waals surface area contributed by atoms with Crippen molar-refractivity contribution >= 4 is 21.9 Å². The third kappa shape index (κ3) is 6.29. The fourth-order valence-corrected chi connectivity index (χ4v) is 7.39. The highest BCUT2D eigenvalue weighted by Gasteiger charge is 2.29. The topological polar surface area (TPSA) is 50.9 Å². The van der Waals surface area contributed by atoms with Crippen molar-refractivity contribution in [3.05, 3.63) is 138 Å². The largest absolute Gasteiger partial charge is 0.507 e. The first kappa shape index (κ1) is 35.2. The van der Waals surface area contributed by atoms with Crippen LogP contribution < -0.4 is 0 Å². The molecule has 0 spiro atoms. The fourth-order valence-electron chi connectivity index (χ4n) is 7.39. The molecular formula is C48H51N3O. The van der Waals surface area contributed by atoms with Crippen LogP contribution in [-0.2, 0) is 16.2 Å². The number of pyridine rings is 1. The van der Waals surface area contributed by atoms with Gasteiger partial charge in [0.05, 0.1) is 22.1 Å². The van der Waals surface area contributed by atoms with Crippen molar-refractivity contribution < 1.29 is 5.11 Å². The van der Waals surface area contributed by atoms with Crippen molar-refractivity contribution in [1.82, 2.24) is 14.5 Å². The summed E-state index contributed by atoms with van der Waals surface area (Å²) in [5.74, 6) is 1.01. The molecular weight excluding hydrogens is 635 g/mol. The van der Waals surface area contributed by atoms with E-state index in [-0.39, 0.29) is 28.0 Å². The molecule has 0 amide bonds. The minimum Gasteiger partial charge on any atom is -0.507 e. The molecule has 0 bridgehead atoms. The normalized spacial score (nSPS) is 12.7. The first-order valence-electron chi connectivity index (χ1n) is 18.5. The van der Waals surface area contributed by atoms with Gasteiger partial charge in [0.25, 0.3) is 0 Å². The summed E-state index contributed by atoms with van der Waals surface area (Å²) >= 11 is 0. The smallest absolute Gasteiger partial charge is 0.145 e. The summed E-state index contributed by atoms with van der Waals surface area (Å²) in [4.78, 5) is 10.3. The molecule has 52 heavy (non-hydrogen) atoms. The highest BCUT2D eigenvalue weighted by molar-refractivity contribution is 5.99. The van der Waals surface area contributed by atoms with Gasteiger partial charge in [-0.1, -0.05) is 116 Å². The van der Waals surface area contributed by atoms with Gasteiger partial charge in [-0.15, -0.1) is 0 Å². The van der Waals surface area contributed by atoms with Gasteiger partial charge in [0.2, 0.25) is 0 Å². The second-order valence-electron chi connectivity index (χ2n) is 17.2. The lowest BCUT2D eigenvalue weighted by atomic mass is 9.77. The molecule has 0 aliphatic rings. The van der Waals surface area contributed by atoms with Gasteiger partial charge < -0.3 is 9.67 Å². The minimum absolute atomic E-state index is 0.0180. The summed E-state index contributed by atoms with van der Waals surface area (Å²) in [7, 11) is 0. The zero-order chi connectivity index (χ0) is 37.2. The number of phenols is 1. The molecule has 0 radical (unpaired) electrons. The summed E-state index contributed by atoms with van der Waals surface area (Å²) < 4.78 is 2.30. The molecule has 0 aliphatic heterocycles. The summed E-state index contributed by atoms with van der Waals surface area (Å²) in [5, 5.41) is 12.5. The molecule has 4 nitrogen and oxygen atoms in total. The van der Waals surface area contributed by atoms with Crippen LogP contribution in [0.2, 0.25) is 0 Å². The predicted octanol–water partition coefficient (Wildman–Crippen LogP) is 12.8. The van der Waals surface area contributed by atoms with E-state index in [1.165, 1.54) is 16.7 Å². The maximum atomic E-state index is 11.4. The van der Waals surface area contributed by atoms with E-state index in [0.717, 1.165) is 61.1 Å². The molecule has 5 aromatic carbocycles. The van der Waals surface area contributed by atoms with Crippen molar-refractivity contribution in [2.45, 2.75) is 91.5 Å². The van der Waals surface area contributed by atoms with Gasteiger partial charge in [-0.3, -0.25) is 4.98 Å². The Morgan fingerprint density at radius 1 is 0.558 bits per heavy atom. The Hall–Kier alpha value is -5.22. The van der Waals surface area contributed by atoms with E-state index < -0.39 is 0 Å². The quantitative estimate of drug-likeness (QED) is 0.190. The third-order valence-corrected chi connectivity index (χ3v) is 10.7. The number of phenolic OH excluding ortho intramolecular Hbond substituents is 1. The number of hydrogen-bond acceptors (Lipinski definition) is 3. The maximum absolute atomic E-state index is 11.4. The number of fused-ring (bicyclic) bond motifs is 2. The van der Waals surface area contributed by atoms with Crippen LogP contribution >= 0.6 is 0 Å². The number of aromatic hydroxyl groups is 1. The molecule has 0 fully saturated rings. The van der Waals surface area contributed by atoms with Gasteiger partial charge in [0.15, 0.2) is 0 Å². The highest BCUT2D eigenvalue weighted by atomic mass is 16.3. The van der Waals surface area contributed by atoms with E-state index in [2.05, 4.69) is 165 Å². The first-order chi connectivity index (χ1) is 24.5. The van der Waals surface area contributed by atoms with Crippen LogP contribution in [0.4, 0.5) is 0 Å². The standard InChI is InChI=1S/C48H51N3O/c1-30(2)51-41-29-37(48(9,10)34-19-12-11-13-20-34)28-39(44(41)50-45(51)40-26-35(46(3,4)5)21-22-42(40)52)32-17-14-16-31(24-32)38-27-36(47(6,7)8)25-33-18-15-23-49-43(33)38/h11-30,52H,1-10H3. The predicted molar refractivity (Wildman–Crippen MR) is 219 cm³/mol. The Kier molecular flexibility index (Phi) is 8.64. The minimum atomic E-state index is -0.288. The third-order valence-electron chi connectivity index (χ3n) is 10.7. The molecule has 4 heteroatoms. The van der Waals surface area contributed by atoms with Crippen LogP contribution in [0, 0.1) is 0 Å². The highest BCUT2D eigenvalue weighted by Crippen LogP contribution is 2.43. The molecule has 7 rings (SSSR count). The Bertz CT molecular complexity index is 2440. The van der Waals surface area contributed by atoms with Crippen LogP contribution in [0.1, 0.15) is 97.5 Å². The molecule has 2 aromatic heterocycles. The lowest BCUT2D eigenvalue weighted by molar-refractivity contribution is 0.474. The molecule has 0 saturated heterocycles. The zero-order valence-electron chi connectivity index (χ0n) is 32.3. The van der Waals surface area contributed by atoms with E-state index in [1.807, 2.05) is 24.4 Å². The Labute approximate surface area is 309 Å². The van der Waals surface area contributed by atoms with Crippen molar-refractivity contribution in [3.8, 4) is 39.4 Å². The van der Waals surface area contributed by atoms with Crippen LogP contribution in [0.3, 0.4) is 0 Å². The molecule has 0 aliphatic carbocycles. The monoisotopic (exact) mass is 685 g/mol. The summed E-state index contributed by atoms with van der Waals surface area (Å²) in [6, 6.07) is 39.1. The van der Waals surface area contributed by atoms with Gasteiger partial charge in [0, 0.05) is 34.2 Å². The Morgan fingerprint density at radius 3 is 1.85 bits per heavy atom. The summed E-state index contributed by atoms with van der Waals surface area (Å²) in [5.41, 5.74) is 12.6. The van der Waals surface area contributed by atoms with Crippen molar-refractivity contribution in [3.63, 3.8) is 0 Å². The van der Waals surface area contributed by atoms with Gasteiger partial charge in [-0.2, -0.15) is 0 Å². The summed E-state index contributed by atoms with van der Waals surface area (Å²) in [6.45, 7) is 22.4. The average Bonchev–Trinajstić information content (AvgIpc) is 3.50. The van der Waals surface area contributed by atoms with Gasteiger partial charge in [-0.05, 0) is 107 Å². The van der Waals surface area contributed by atoms with Gasteiger partial charge >= 0.3 is 0 Å². The number of hydrogen-bond donors (Lipinski definition) is 1. The van der Waals surface area contributed by atoms with Crippen LogP contribution in [-0.4, -0.2) is 19.6 Å². The summed E-state index contributed by atoms with van der Waals surface area (Å²) in [6.07, 6.45) is 1.88. The van der Waals surface area contributed by atoms with Gasteiger partial charge in [-0.25, -0.2) is 4.98 Å². The lowest BCUT2D eigenvalue weighted by Crippen LogP contribution is -2.19. The first-order valence-corrected chi connectivity index (χ1v) is 18.5. The maximum Gasteiger partial charge on any atom is 0.145 e. The number of nitrogens with zero attached hydrogens (tertiary/aromatic N) is 3. The van der Waals surface area contributed by atoms with Crippen molar-refractivity contribution in [2.24, 2.45) is 0 Å². The second-order valence-corrected chi connectivity index (χ2v) is 17.2. The van der Waals surface area contributed by atoms with Crippen LogP contribution in [0.15, 0.2) is 115 Å². The Morgan fingerprint density at radius 2 is 1.19 bits per heavy atom. The second kappa shape index (κ2) is 12.8.